The summed E-state index contributed by atoms with van der Waals surface area (Å²) in [4.78, 5) is 12.6. The molecule has 2 N–H and O–H groups in total. The Labute approximate surface area is 184 Å². The molecule has 0 heterocycles. The van der Waals surface area contributed by atoms with E-state index in [2.05, 4.69) is 10.0 Å². The molecule has 30 heavy (non-hydrogen) atoms. The summed E-state index contributed by atoms with van der Waals surface area (Å²) < 4.78 is 33.0. The van der Waals surface area contributed by atoms with Crippen molar-refractivity contribution in [2.45, 2.75) is 11.8 Å². The Hall–Kier alpha value is -2.74. The van der Waals surface area contributed by atoms with Crippen molar-refractivity contribution in [3.05, 3.63) is 81.8 Å². The number of hydrogen-bond donors (Lipinski definition) is 2. The highest BCUT2D eigenvalue weighted by atomic mass is 35.5. The van der Waals surface area contributed by atoms with Crippen LogP contribution in [0, 0.1) is 6.92 Å². The Morgan fingerprint density at radius 1 is 0.967 bits per heavy atom. The van der Waals surface area contributed by atoms with E-state index in [9.17, 15) is 13.2 Å². The minimum Gasteiger partial charge on any atom is -0.495 e. The Kier molecular flexibility index (Phi) is 6.55. The predicted octanol–water partition coefficient (Wildman–Crippen LogP) is 5.36. The maximum atomic E-state index is 12.7. The molecule has 0 saturated heterocycles. The van der Waals surface area contributed by atoms with Gasteiger partial charge < -0.3 is 10.1 Å². The smallest absolute Gasteiger partial charge is 0.261 e. The Bertz CT molecular complexity index is 1210. The molecule has 3 aromatic rings. The molecule has 0 aromatic heterocycles. The van der Waals surface area contributed by atoms with E-state index in [0.717, 1.165) is 5.56 Å². The normalized spacial score (nSPS) is 11.1. The van der Waals surface area contributed by atoms with E-state index in [-0.39, 0.29) is 26.2 Å². The summed E-state index contributed by atoms with van der Waals surface area (Å²) in [6.07, 6.45) is 0. The molecule has 9 heteroatoms. The Balaban J connectivity index is 1.83. The largest absolute Gasteiger partial charge is 0.495 e. The molecular weight excluding hydrogens is 447 g/mol. The number of anilines is 2. The predicted molar refractivity (Wildman–Crippen MR) is 119 cm³/mol. The van der Waals surface area contributed by atoms with Gasteiger partial charge in [0.1, 0.15) is 5.75 Å². The maximum absolute atomic E-state index is 12.7. The number of rotatable bonds is 6. The number of amides is 1. The van der Waals surface area contributed by atoms with E-state index < -0.39 is 15.9 Å². The zero-order valence-corrected chi connectivity index (χ0v) is 18.4. The first-order chi connectivity index (χ1) is 14.2. The zero-order chi connectivity index (χ0) is 21.9. The standard InChI is InChI=1S/C21H18Cl2N2O4S/c1-13-6-9-20(29-2)19(10-13)24-21(26)14-4-3-5-15(11-14)25-30(27,28)16-7-8-17(22)18(23)12-16/h3-12,25H,1-2H3,(H,24,26). The first-order valence-corrected chi connectivity index (χ1v) is 11.0. The van der Waals surface area contributed by atoms with Gasteiger partial charge in [-0.25, -0.2) is 8.42 Å². The summed E-state index contributed by atoms with van der Waals surface area (Å²) in [6.45, 7) is 1.90. The summed E-state index contributed by atoms with van der Waals surface area (Å²) in [5, 5.41) is 3.16. The molecule has 0 aliphatic rings. The number of benzene rings is 3. The van der Waals surface area contributed by atoms with Gasteiger partial charge in [-0.15, -0.1) is 0 Å². The van der Waals surface area contributed by atoms with E-state index in [4.69, 9.17) is 27.9 Å². The van der Waals surface area contributed by atoms with Gasteiger partial charge >= 0.3 is 0 Å². The number of aryl methyl sites for hydroxylation is 1. The van der Waals surface area contributed by atoms with Crippen LogP contribution in [0.15, 0.2) is 65.6 Å². The minimum atomic E-state index is -3.92. The van der Waals surface area contributed by atoms with Gasteiger partial charge in [-0.2, -0.15) is 0 Å². The summed E-state index contributed by atoms with van der Waals surface area (Å²) in [7, 11) is -2.40. The van der Waals surface area contributed by atoms with Crippen LogP contribution in [0.1, 0.15) is 15.9 Å². The van der Waals surface area contributed by atoms with Gasteiger partial charge in [0.05, 0.1) is 27.7 Å². The molecule has 0 fully saturated rings. The van der Waals surface area contributed by atoms with Crippen molar-refractivity contribution in [1.29, 1.82) is 0 Å². The molecule has 0 aliphatic heterocycles. The van der Waals surface area contributed by atoms with Crippen molar-refractivity contribution in [3.63, 3.8) is 0 Å². The van der Waals surface area contributed by atoms with Gasteiger partial charge in [0, 0.05) is 11.3 Å². The fraction of sp³-hybridized carbons (Fsp3) is 0.0952. The summed E-state index contributed by atoms with van der Waals surface area (Å²) in [5.74, 6) is 0.111. The second kappa shape index (κ2) is 8.95. The van der Waals surface area contributed by atoms with Gasteiger partial charge in [0.2, 0.25) is 0 Å². The van der Waals surface area contributed by atoms with Gasteiger partial charge in [-0.3, -0.25) is 9.52 Å². The van der Waals surface area contributed by atoms with Gasteiger partial charge in [-0.1, -0.05) is 35.3 Å². The van der Waals surface area contributed by atoms with Gasteiger partial charge in [-0.05, 0) is 61.0 Å². The number of sulfonamides is 1. The molecule has 6 nitrogen and oxygen atoms in total. The quantitative estimate of drug-likeness (QED) is 0.513. The molecule has 0 aliphatic carbocycles. The number of carbonyl (C=O) groups is 1. The molecule has 156 valence electrons. The second-order valence-electron chi connectivity index (χ2n) is 6.42. The molecule has 3 rings (SSSR count). The lowest BCUT2D eigenvalue weighted by Gasteiger charge is -2.12. The molecule has 0 atom stereocenters. The monoisotopic (exact) mass is 464 g/mol. The van der Waals surface area contributed by atoms with Crippen LogP contribution in [0.3, 0.4) is 0 Å². The summed E-state index contributed by atoms with van der Waals surface area (Å²) >= 11 is 11.8. The summed E-state index contributed by atoms with van der Waals surface area (Å²) in [5.41, 5.74) is 1.97. The fourth-order valence-corrected chi connectivity index (χ4v) is 4.13. The lowest BCUT2D eigenvalue weighted by molar-refractivity contribution is 0.102. The SMILES string of the molecule is COc1ccc(C)cc1NC(=O)c1cccc(NS(=O)(=O)c2ccc(Cl)c(Cl)c2)c1. The maximum Gasteiger partial charge on any atom is 0.261 e. The zero-order valence-electron chi connectivity index (χ0n) is 16.1. The van der Waals surface area contributed by atoms with Gasteiger partial charge in [0.25, 0.3) is 15.9 Å². The van der Waals surface area contributed by atoms with Crippen LogP contribution in [0.4, 0.5) is 11.4 Å². The first kappa shape index (κ1) is 22.0. The van der Waals surface area contributed by atoms with Crippen LogP contribution in [-0.2, 0) is 10.0 Å². The third kappa shape index (κ3) is 5.05. The van der Waals surface area contributed by atoms with E-state index in [0.29, 0.717) is 11.4 Å². The van der Waals surface area contributed by atoms with Crippen LogP contribution in [0.2, 0.25) is 10.0 Å². The van der Waals surface area contributed by atoms with Crippen molar-refractivity contribution in [1.82, 2.24) is 0 Å². The Morgan fingerprint density at radius 2 is 1.73 bits per heavy atom. The van der Waals surface area contributed by atoms with Crippen LogP contribution >= 0.6 is 23.2 Å². The molecule has 0 unspecified atom stereocenters. The number of hydrogen-bond acceptors (Lipinski definition) is 4. The van der Waals surface area contributed by atoms with E-state index in [1.807, 2.05) is 13.0 Å². The van der Waals surface area contributed by atoms with Crippen molar-refractivity contribution in [2.24, 2.45) is 0 Å². The van der Waals surface area contributed by atoms with Crippen LogP contribution in [0.5, 0.6) is 5.75 Å². The highest BCUT2D eigenvalue weighted by molar-refractivity contribution is 7.92. The third-order valence-electron chi connectivity index (χ3n) is 4.18. The number of methoxy groups -OCH3 is 1. The van der Waals surface area contributed by atoms with Crippen molar-refractivity contribution < 1.29 is 17.9 Å². The van der Waals surface area contributed by atoms with Crippen molar-refractivity contribution in [3.8, 4) is 5.75 Å². The lowest BCUT2D eigenvalue weighted by atomic mass is 10.1. The average molecular weight is 465 g/mol. The third-order valence-corrected chi connectivity index (χ3v) is 6.30. The average Bonchev–Trinajstić information content (AvgIpc) is 2.70. The highest BCUT2D eigenvalue weighted by Gasteiger charge is 2.17. The van der Waals surface area contributed by atoms with E-state index in [1.165, 1.54) is 31.4 Å². The van der Waals surface area contributed by atoms with E-state index in [1.54, 1.807) is 30.3 Å². The molecule has 0 saturated carbocycles. The minimum absolute atomic E-state index is 0.0451. The highest BCUT2D eigenvalue weighted by Crippen LogP contribution is 2.27. The number of ether oxygens (including phenoxy) is 1. The number of halogens is 2. The molecular formula is C21H18Cl2N2O4S. The van der Waals surface area contributed by atoms with Crippen LogP contribution in [-0.4, -0.2) is 21.4 Å². The first-order valence-electron chi connectivity index (χ1n) is 8.73. The van der Waals surface area contributed by atoms with Crippen LogP contribution in [0.25, 0.3) is 0 Å². The number of carbonyl (C=O) groups excluding carboxylic acids is 1. The van der Waals surface area contributed by atoms with Crippen molar-refractivity contribution >= 4 is 50.5 Å². The number of nitrogens with one attached hydrogen (secondary N) is 2. The molecule has 3 aromatic carbocycles. The Morgan fingerprint density at radius 3 is 2.43 bits per heavy atom. The molecule has 1 amide bonds. The second-order valence-corrected chi connectivity index (χ2v) is 8.92. The van der Waals surface area contributed by atoms with Crippen LogP contribution < -0.4 is 14.8 Å². The molecule has 0 spiro atoms. The lowest BCUT2D eigenvalue weighted by Crippen LogP contribution is -2.15. The topological polar surface area (TPSA) is 84.5 Å². The molecule has 0 radical (unpaired) electrons. The summed E-state index contributed by atoms with van der Waals surface area (Å²) in [6, 6.07) is 15.5. The van der Waals surface area contributed by atoms with Crippen molar-refractivity contribution in [2.75, 3.05) is 17.1 Å². The fourth-order valence-electron chi connectivity index (χ4n) is 2.70. The van der Waals surface area contributed by atoms with E-state index >= 15 is 0 Å². The van der Waals surface area contributed by atoms with Gasteiger partial charge in [0.15, 0.2) is 0 Å². The molecule has 0 bridgehead atoms.